The molecule has 0 fully saturated rings. The van der Waals surface area contributed by atoms with Crippen molar-refractivity contribution in [3.63, 3.8) is 0 Å². The molecule has 0 aliphatic carbocycles. The third-order valence-electron chi connectivity index (χ3n) is 2.46. The van der Waals surface area contributed by atoms with Crippen molar-refractivity contribution in [1.29, 1.82) is 0 Å². The molecule has 0 bridgehead atoms. The third kappa shape index (κ3) is 19.0. The number of unbranched alkanes of at least 4 members (excludes halogenated alkanes) is 2. The Bertz CT molecular complexity index is 139. The quantitative estimate of drug-likeness (QED) is 0.611. The van der Waals surface area contributed by atoms with E-state index < -0.39 is 0 Å². The van der Waals surface area contributed by atoms with E-state index in [1.807, 2.05) is 0 Å². The second kappa shape index (κ2) is 14.6. The SMILES string of the molecule is CCCC.CCCC[NH+](C)CC(C)(C)NCl.[Cl-]. The zero-order valence-corrected chi connectivity index (χ0v) is 14.0. The van der Waals surface area contributed by atoms with Crippen molar-refractivity contribution in [1.82, 2.24) is 4.84 Å². The molecule has 0 rings (SSSR count). The van der Waals surface area contributed by atoms with Crippen LogP contribution in [-0.2, 0) is 0 Å². The Morgan fingerprint density at radius 1 is 1.06 bits per heavy atom. The average molecular weight is 287 g/mol. The van der Waals surface area contributed by atoms with Gasteiger partial charge in [-0.15, -0.1) is 0 Å². The molecule has 0 amide bonds. The van der Waals surface area contributed by atoms with Gasteiger partial charge in [-0.3, -0.25) is 0 Å². The molecule has 4 heteroatoms. The van der Waals surface area contributed by atoms with Crippen LogP contribution in [-0.4, -0.2) is 25.7 Å². The summed E-state index contributed by atoms with van der Waals surface area (Å²) in [7, 11) is 2.21. The van der Waals surface area contributed by atoms with E-state index in [2.05, 4.69) is 46.5 Å². The molecule has 108 valence electrons. The highest BCUT2D eigenvalue weighted by Crippen LogP contribution is 1.98. The molecule has 1 atom stereocenters. The number of quaternary nitrogens is 1. The first kappa shape index (κ1) is 22.7. The van der Waals surface area contributed by atoms with Crippen LogP contribution in [0.25, 0.3) is 0 Å². The summed E-state index contributed by atoms with van der Waals surface area (Å²) >= 11 is 5.61. The number of halogens is 2. The summed E-state index contributed by atoms with van der Waals surface area (Å²) in [4.78, 5) is 4.34. The van der Waals surface area contributed by atoms with Crippen molar-refractivity contribution < 1.29 is 17.3 Å². The molecule has 2 nitrogen and oxygen atoms in total. The molecule has 0 saturated heterocycles. The van der Waals surface area contributed by atoms with Crippen molar-refractivity contribution in [3.8, 4) is 0 Å². The van der Waals surface area contributed by atoms with Crippen LogP contribution in [0.4, 0.5) is 0 Å². The molecular formula is C13H32Cl2N2. The average Bonchev–Trinajstić information content (AvgIpc) is 2.26. The van der Waals surface area contributed by atoms with Crippen molar-refractivity contribution in [2.75, 3.05) is 20.1 Å². The smallest absolute Gasteiger partial charge is 0.0960 e. The first-order chi connectivity index (χ1) is 7.43. The van der Waals surface area contributed by atoms with Crippen LogP contribution in [0.2, 0.25) is 0 Å². The maximum Gasteiger partial charge on any atom is 0.0960 e. The summed E-state index contributed by atoms with van der Waals surface area (Å²) in [5.74, 6) is 0. The molecule has 0 aromatic rings. The van der Waals surface area contributed by atoms with Crippen LogP contribution >= 0.6 is 11.8 Å². The van der Waals surface area contributed by atoms with Gasteiger partial charge >= 0.3 is 0 Å². The van der Waals surface area contributed by atoms with Gasteiger partial charge in [0.05, 0.1) is 25.7 Å². The fourth-order valence-corrected chi connectivity index (χ4v) is 1.42. The first-order valence-corrected chi connectivity index (χ1v) is 7.00. The van der Waals surface area contributed by atoms with Gasteiger partial charge in [-0.2, -0.15) is 0 Å². The molecule has 0 spiro atoms. The van der Waals surface area contributed by atoms with E-state index in [1.165, 1.54) is 37.1 Å². The fraction of sp³-hybridized carbons (Fsp3) is 1.00. The standard InChI is InChI=1S/C9H21ClN2.C4H10.ClH/c1-5-6-7-12(4)8-9(2,3)11-10;1-3-4-2;/h11H,5-8H2,1-4H3;3-4H2,1-2H3;1H. The minimum atomic E-state index is 0. The number of nitrogens with one attached hydrogen (secondary N) is 2. The van der Waals surface area contributed by atoms with Crippen LogP contribution in [0.3, 0.4) is 0 Å². The van der Waals surface area contributed by atoms with Crippen LogP contribution in [0.5, 0.6) is 0 Å². The highest BCUT2D eigenvalue weighted by atomic mass is 35.5. The van der Waals surface area contributed by atoms with Crippen molar-refractivity contribution in [3.05, 3.63) is 0 Å². The highest BCUT2D eigenvalue weighted by Gasteiger charge is 2.20. The van der Waals surface area contributed by atoms with Gasteiger partial charge in [0, 0.05) is 0 Å². The number of hydrogen-bond donors (Lipinski definition) is 2. The Kier molecular flexibility index (Phi) is 19.4. The Labute approximate surface area is 120 Å². The molecule has 2 N–H and O–H groups in total. The maximum absolute atomic E-state index is 5.61. The van der Waals surface area contributed by atoms with E-state index in [-0.39, 0.29) is 17.9 Å². The second-order valence-electron chi connectivity index (χ2n) is 5.22. The fourth-order valence-electron chi connectivity index (χ4n) is 1.35. The van der Waals surface area contributed by atoms with Crippen molar-refractivity contribution in [2.24, 2.45) is 0 Å². The lowest BCUT2D eigenvalue weighted by molar-refractivity contribution is -0.883. The molecule has 0 aromatic heterocycles. The molecule has 0 aromatic carbocycles. The topological polar surface area (TPSA) is 16.5 Å². The summed E-state index contributed by atoms with van der Waals surface area (Å²) in [5, 5.41) is 0. The molecular weight excluding hydrogens is 255 g/mol. The normalized spacial score (nSPS) is 12.2. The number of rotatable bonds is 7. The monoisotopic (exact) mass is 286 g/mol. The van der Waals surface area contributed by atoms with Gasteiger partial charge in [0.2, 0.25) is 0 Å². The number of hydrogen-bond acceptors (Lipinski definition) is 1. The Hall–Kier alpha value is 0.500. The third-order valence-corrected chi connectivity index (χ3v) is 2.97. The first-order valence-electron chi connectivity index (χ1n) is 6.62. The minimum Gasteiger partial charge on any atom is -1.00 e. The Balaban J connectivity index is -0.000000340. The van der Waals surface area contributed by atoms with E-state index in [4.69, 9.17) is 11.8 Å². The van der Waals surface area contributed by atoms with E-state index in [0.717, 1.165) is 6.54 Å². The molecule has 0 aliphatic heterocycles. The van der Waals surface area contributed by atoms with Crippen LogP contribution in [0, 0.1) is 0 Å². The summed E-state index contributed by atoms with van der Waals surface area (Å²) in [6, 6.07) is 0. The van der Waals surface area contributed by atoms with E-state index in [1.54, 1.807) is 0 Å². The van der Waals surface area contributed by atoms with Crippen LogP contribution in [0.15, 0.2) is 0 Å². The van der Waals surface area contributed by atoms with Crippen LogP contribution in [0.1, 0.15) is 60.3 Å². The predicted octanol–water partition coefficient (Wildman–Crippen LogP) is -0.366. The van der Waals surface area contributed by atoms with Gasteiger partial charge in [-0.05, 0) is 32.0 Å². The zero-order chi connectivity index (χ0) is 13.0. The van der Waals surface area contributed by atoms with Crippen molar-refractivity contribution in [2.45, 2.75) is 65.8 Å². The summed E-state index contributed by atoms with van der Waals surface area (Å²) in [5.41, 5.74) is 0.0411. The van der Waals surface area contributed by atoms with Gasteiger partial charge in [-0.25, -0.2) is 4.84 Å². The second-order valence-corrected chi connectivity index (χ2v) is 5.40. The molecule has 0 aliphatic rings. The van der Waals surface area contributed by atoms with Gasteiger partial charge in [0.1, 0.15) is 0 Å². The van der Waals surface area contributed by atoms with E-state index in [9.17, 15) is 0 Å². The van der Waals surface area contributed by atoms with Gasteiger partial charge in [-0.1, -0.05) is 40.0 Å². The lowest BCUT2D eigenvalue weighted by atomic mass is 10.1. The molecule has 0 heterocycles. The highest BCUT2D eigenvalue weighted by molar-refractivity contribution is 6.13. The summed E-state index contributed by atoms with van der Waals surface area (Å²) in [6.45, 7) is 13.1. The molecule has 0 radical (unpaired) electrons. The molecule has 0 saturated carbocycles. The largest absolute Gasteiger partial charge is 1.00 e. The lowest BCUT2D eigenvalue weighted by Gasteiger charge is -2.25. The molecule has 17 heavy (non-hydrogen) atoms. The zero-order valence-electron chi connectivity index (χ0n) is 12.5. The van der Waals surface area contributed by atoms with Gasteiger partial charge in [0.15, 0.2) is 0 Å². The predicted molar refractivity (Wildman–Crippen MR) is 75.2 cm³/mol. The lowest BCUT2D eigenvalue weighted by Crippen LogP contribution is -3.11. The van der Waals surface area contributed by atoms with Crippen LogP contribution < -0.4 is 22.1 Å². The Morgan fingerprint density at radius 3 is 1.82 bits per heavy atom. The van der Waals surface area contributed by atoms with Gasteiger partial charge < -0.3 is 17.3 Å². The summed E-state index contributed by atoms with van der Waals surface area (Å²) < 4.78 is 0. The maximum atomic E-state index is 5.61. The van der Waals surface area contributed by atoms with E-state index >= 15 is 0 Å². The van der Waals surface area contributed by atoms with E-state index in [0.29, 0.717) is 0 Å². The molecule has 1 unspecified atom stereocenters. The van der Waals surface area contributed by atoms with Crippen molar-refractivity contribution >= 4 is 11.8 Å². The minimum absolute atomic E-state index is 0. The van der Waals surface area contributed by atoms with Gasteiger partial charge in [0.25, 0.3) is 0 Å². The Morgan fingerprint density at radius 2 is 1.53 bits per heavy atom. The summed E-state index contributed by atoms with van der Waals surface area (Å²) in [6.07, 6.45) is 5.20. The number of likely N-dealkylation sites (N-methyl/N-ethyl adjacent to an activating group) is 1.